The molecular formula is C37H48O10. The molecular weight excluding hydrogens is 604 g/mol. The first-order valence-corrected chi connectivity index (χ1v) is 16.7. The zero-order valence-corrected chi connectivity index (χ0v) is 27.5. The summed E-state index contributed by atoms with van der Waals surface area (Å²) in [5.74, 6) is -5.60. The van der Waals surface area contributed by atoms with Gasteiger partial charge in [-0.25, -0.2) is 4.79 Å². The minimum Gasteiger partial charge on any atom is -0.456 e. The quantitative estimate of drug-likeness (QED) is 0.116. The van der Waals surface area contributed by atoms with E-state index in [1.54, 1.807) is 31.2 Å². The average Bonchev–Trinajstić information content (AvgIpc) is 3.42. The first-order chi connectivity index (χ1) is 22.3. The first kappa shape index (κ1) is 34.2. The molecule has 0 unspecified atom stereocenters. The number of allylic oxidation sites excluding steroid dienone is 5. The molecule has 6 rings (SSSR count). The summed E-state index contributed by atoms with van der Waals surface area (Å²) in [5.41, 5.74) is -6.48. The third-order valence-electron chi connectivity index (χ3n) is 11.5. The maximum atomic E-state index is 13.2. The molecule has 5 N–H and O–H groups in total. The van der Waals surface area contributed by atoms with Crippen LogP contribution in [0.2, 0.25) is 0 Å². The number of hydrogen-bond donors (Lipinski definition) is 5. The molecule has 2 aliphatic heterocycles. The number of benzene rings is 1. The Morgan fingerprint density at radius 2 is 1.79 bits per heavy atom. The highest BCUT2D eigenvalue weighted by Gasteiger charge is 2.85. The molecule has 1 aromatic rings. The Hall–Kier alpha value is -2.67. The standard InChI is InChI=1S/C37H48O10/c1-6-7-8-9-10-11-15-18-27(39)44-30-23(4)19-26-35(30,43)32(41)33(42,21-38)29(40)28-31-34(22(2)3)20-24(5)36(26,28)47-37(45-31,46-34)25-16-13-12-14-17-25/h8-18,23-24,26,28-32,38,40-43H,2,6-7,19-21H2,1,3-5H3/b9-8+,11-10+,18-15+/t23-,24+,26+,28-,29-,30-,31+,32+,33+,34+,35+,36-,37+/m0/s1. The Balaban J connectivity index is 1.47. The number of aliphatic hydroxyl groups is 5. The van der Waals surface area contributed by atoms with Crippen LogP contribution in [-0.2, 0) is 29.7 Å². The molecule has 0 amide bonds. The Kier molecular flexibility index (Phi) is 8.76. The second-order valence-electron chi connectivity index (χ2n) is 14.3. The van der Waals surface area contributed by atoms with Crippen molar-refractivity contribution in [2.75, 3.05) is 6.61 Å². The van der Waals surface area contributed by atoms with Crippen molar-refractivity contribution >= 4 is 5.97 Å². The second-order valence-corrected chi connectivity index (χ2v) is 14.3. The van der Waals surface area contributed by atoms with Crippen molar-refractivity contribution in [3.05, 3.63) is 84.5 Å². The zero-order valence-electron chi connectivity index (χ0n) is 27.5. The van der Waals surface area contributed by atoms with Crippen molar-refractivity contribution in [3.63, 3.8) is 0 Å². The van der Waals surface area contributed by atoms with Gasteiger partial charge >= 0.3 is 11.9 Å². The summed E-state index contributed by atoms with van der Waals surface area (Å²) >= 11 is 0. The molecule has 13 atom stereocenters. The summed E-state index contributed by atoms with van der Waals surface area (Å²) in [5, 5.41) is 59.7. The lowest BCUT2D eigenvalue weighted by Crippen LogP contribution is -2.73. The third kappa shape index (κ3) is 4.71. The van der Waals surface area contributed by atoms with E-state index in [4.69, 9.17) is 18.9 Å². The molecule has 47 heavy (non-hydrogen) atoms. The van der Waals surface area contributed by atoms with Gasteiger partial charge in [0.05, 0.1) is 18.3 Å². The van der Waals surface area contributed by atoms with Crippen molar-refractivity contribution in [1.82, 2.24) is 0 Å². The van der Waals surface area contributed by atoms with E-state index in [1.807, 2.05) is 44.2 Å². The average molecular weight is 653 g/mol. The Morgan fingerprint density at radius 3 is 2.45 bits per heavy atom. The molecule has 1 aromatic carbocycles. The lowest BCUT2D eigenvalue weighted by atomic mass is 9.53. The first-order valence-electron chi connectivity index (χ1n) is 16.7. The normalized spacial score (nSPS) is 47.0. The fraction of sp³-hybridized carbons (Fsp3) is 0.595. The second kappa shape index (κ2) is 12.0. The van der Waals surface area contributed by atoms with E-state index in [0.29, 0.717) is 17.6 Å². The van der Waals surface area contributed by atoms with Crippen molar-refractivity contribution in [3.8, 4) is 0 Å². The van der Waals surface area contributed by atoms with Crippen LogP contribution in [0.5, 0.6) is 0 Å². The fourth-order valence-electron chi connectivity index (χ4n) is 9.38. The van der Waals surface area contributed by atoms with Gasteiger partial charge < -0.3 is 44.5 Å². The van der Waals surface area contributed by atoms with Gasteiger partial charge in [-0.05, 0) is 43.6 Å². The highest BCUT2D eigenvalue weighted by molar-refractivity contribution is 5.82. The highest BCUT2D eigenvalue weighted by Crippen LogP contribution is 2.72. The van der Waals surface area contributed by atoms with Crippen molar-refractivity contribution in [1.29, 1.82) is 0 Å². The molecule has 0 radical (unpaired) electrons. The number of hydrogen-bond acceptors (Lipinski definition) is 10. The number of unbranched alkanes of at least 4 members (excludes halogenated alkanes) is 1. The minimum absolute atomic E-state index is 0.198. The number of esters is 1. The molecule has 0 spiro atoms. The van der Waals surface area contributed by atoms with E-state index in [2.05, 4.69) is 13.5 Å². The molecule has 3 saturated carbocycles. The topological polar surface area (TPSA) is 155 Å². The summed E-state index contributed by atoms with van der Waals surface area (Å²) < 4.78 is 26.4. The van der Waals surface area contributed by atoms with Gasteiger partial charge in [0.25, 0.3) is 0 Å². The zero-order chi connectivity index (χ0) is 34.0. The number of carbonyl (C=O) groups excluding carboxylic acids is 1. The van der Waals surface area contributed by atoms with Gasteiger partial charge in [-0.3, -0.25) is 0 Å². The van der Waals surface area contributed by atoms with Crippen molar-refractivity contribution in [2.45, 2.75) is 106 Å². The number of fused-ring (bicyclic) bond motifs is 2. The summed E-state index contributed by atoms with van der Waals surface area (Å²) in [6, 6.07) is 9.09. The lowest BCUT2D eigenvalue weighted by molar-refractivity contribution is -0.446. The maximum absolute atomic E-state index is 13.2. The van der Waals surface area contributed by atoms with Gasteiger partial charge in [0, 0.05) is 23.5 Å². The number of ether oxygens (including phenoxy) is 4. The van der Waals surface area contributed by atoms with E-state index in [9.17, 15) is 30.3 Å². The predicted octanol–water partition coefficient (Wildman–Crippen LogP) is 3.18. The Morgan fingerprint density at radius 1 is 1.09 bits per heavy atom. The number of carbonyl (C=O) groups is 1. The van der Waals surface area contributed by atoms with Crippen LogP contribution < -0.4 is 0 Å². The van der Waals surface area contributed by atoms with Crippen LogP contribution in [0.1, 0.15) is 58.9 Å². The molecule has 0 aromatic heterocycles. The SMILES string of the molecule is C=C(C)[C@]12C[C@@H](C)[C@@]34O[C@](c5ccccc5)(O[C@@H]1[C@@H]3[C@H](O)[C@](O)(CO)[C@@H](O)[C@@]1(O)[C@H]4C[C@H](C)[C@@H]1OC(=O)/C=C/C=C/C=C/CCC)O2. The molecule has 10 heteroatoms. The lowest BCUT2D eigenvalue weighted by Gasteiger charge is -2.60. The van der Waals surface area contributed by atoms with Crippen LogP contribution in [-0.4, -0.2) is 84.9 Å². The van der Waals surface area contributed by atoms with Crippen LogP contribution >= 0.6 is 0 Å². The molecule has 10 nitrogen and oxygen atoms in total. The van der Waals surface area contributed by atoms with Gasteiger partial charge in [0.15, 0.2) is 0 Å². The molecule has 3 bridgehead atoms. The van der Waals surface area contributed by atoms with Gasteiger partial charge in [-0.1, -0.05) is 94.5 Å². The number of aliphatic hydroxyl groups excluding tert-OH is 3. The molecule has 2 heterocycles. The minimum atomic E-state index is -2.66. The van der Waals surface area contributed by atoms with Gasteiger partial charge in [0.2, 0.25) is 0 Å². The molecule has 5 aliphatic rings. The predicted molar refractivity (Wildman–Crippen MR) is 171 cm³/mol. The summed E-state index contributed by atoms with van der Waals surface area (Å²) in [4.78, 5) is 13.2. The van der Waals surface area contributed by atoms with E-state index >= 15 is 0 Å². The molecule has 5 fully saturated rings. The summed E-state index contributed by atoms with van der Waals surface area (Å²) in [6.07, 6.45) is 6.35. The van der Waals surface area contributed by atoms with E-state index in [0.717, 1.165) is 12.8 Å². The summed E-state index contributed by atoms with van der Waals surface area (Å²) in [6.45, 7) is 10.7. The van der Waals surface area contributed by atoms with Crippen LogP contribution in [0.15, 0.2) is 78.9 Å². The van der Waals surface area contributed by atoms with Crippen molar-refractivity contribution in [2.24, 2.45) is 23.7 Å². The maximum Gasteiger partial charge on any atom is 0.331 e. The van der Waals surface area contributed by atoms with Crippen LogP contribution in [0.25, 0.3) is 0 Å². The van der Waals surface area contributed by atoms with E-state index < -0.39 is 89.0 Å². The summed E-state index contributed by atoms with van der Waals surface area (Å²) in [7, 11) is 0. The fourth-order valence-corrected chi connectivity index (χ4v) is 9.38. The van der Waals surface area contributed by atoms with E-state index in [1.165, 1.54) is 12.2 Å². The number of rotatable bonds is 9. The smallest absolute Gasteiger partial charge is 0.331 e. The van der Waals surface area contributed by atoms with Crippen molar-refractivity contribution < 1.29 is 49.3 Å². The van der Waals surface area contributed by atoms with Crippen LogP contribution in [0.4, 0.5) is 0 Å². The Bertz CT molecular complexity index is 1460. The van der Waals surface area contributed by atoms with Gasteiger partial charge in [-0.2, -0.15) is 0 Å². The van der Waals surface area contributed by atoms with Crippen LogP contribution in [0, 0.1) is 23.7 Å². The molecule has 3 aliphatic carbocycles. The van der Waals surface area contributed by atoms with Gasteiger partial charge in [-0.15, -0.1) is 0 Å². The molecule has 2 saturated heterocycles. The molecule has 256 valence electrons. The largest absolute Gasteiger partial charge is 0.456 e. The third-order valence-corrected chi connectivity index (χ3v) is 11.5. The van der Waals surface area contributed by atoms with E-state index in [-0.39, 0.29) is 6.42 Å². The highest BCUT2D eigenvalue weighted by atomic mass is 16.9. The Labute approximate surface area is 276 Å². The van der Waals surface area contributed by atoms with Gasteiger partial charge in [0.1, 0.15) is 35.1 Å². The monoisotopic (exact) mass is 652 g/mol. The van der Waals surface area contributed by atoms with Crippen LogP contribution in [0.3, 0.4) is 0 Å².